The van der Waals surface area contributed by atoms with E-state index in [4.69, 9.17) is 5.73 Å². The lowest BCUT2D eigenvalue weighted by Gasteiger charge is -2.27. The molecule has 1 unspecified atom stereocenters. The minimum atomic E-state index is -4.53. The second kappa shape index (κ2) is 8.20. The molecule has 1 aliphatic rings. The summed E-state index contributed by atoms with van der Waals surface area (Å²) in [6, 6.07) is 4.20. The van der Waals surface area contributed by atoms with Crippen LogP contribution in [0.2, 0.25) is 0 Å². The van der Waals surface area contributed by atoms with Crippen LogP contribution in [0, 0.1) is 6.92 Å². The molecule has 3 N–H and O–H groups in total. The van der Waals surface area contributed by atoms with Gasteiger partial charge in [0.05, 0.1) is 22.5 Å². The Balaban J connectivity index is 1.81. The zero-order chi connectivity index (χ0) is 24.0. The Morgan fingerprint density at radius 2 is 1.91 bits per heavy atom. The molecule has 2 heterocycles. The summed E-state index contributed by atoms with van der Waals surface area (Å²) < 4.78 is 41.7. The van der Waals surface area contributed by atoms with Crippen molar-refractivity contribution in [2.45, 2.75) is 57.3 Å². The molecule has 1 saturated carbocycles. The fourth-order valence-electron chi connectivity index (χ4n) is 4.57. The van der Waals surface area contributed by atoms with Gasteiger partial charge in [-0.15, -0.1) is 6.58 Å². The molecule has 1 aromatic carbocycles. The molecule has 1 atom stereocenters. The maximum atomic E-state index is 13.3. The first-order valence-corrected chi connectivity index (χ1v) is 10.8. The van der Waals surface area contributed by atoms with E-state index in [2.05, 4.69) is 28.8 Å². The quantitative estimate of drug-likeness (QED) is 0.400. The van der Waals surface area contributed by atoms with Gasteiger partial charge in [0, 0.05) is 23.5 Å². The molecule has 0 spiro atoms. The summed E-state index contributed by atoms with van der Waals surface area (Å²) in [6.45, 7) is 7.54. The van der Waals surface area contributed by atoms with E-state index in [9.17, 15) is 18.0 Å². The van der Waals surface area contributed by atoms with Gasteiger partial charge in [-0.05, 0) is 50.5 Å². The van der Waals surface area contributed by atoms with Crippen molar-refractivity contribution in [3.05, 3.63) is 70.4 Å². The highest BCUT2D eigenvalue weighted by Gasteiger charge is 2.33. The molecular weight excluding hydrogens is 431 g/mol. The first kappa shape index (κ1) is 22.8. The number of alkyl halides is 3. The minimum absolute atomic E-state index is 0.000183. The number of nitrogens with one attached hydrogen (secondary N) is 1. The van der Waals surface area contributed by atoms with Crippen molar-refractivity contribution in [1.29, 1.82) is 0 Å². The second-order valence-electron chi connectivity index (χ2n) is 8.85. The van der Waals surface area contributed by atoms with Crippen molar-refractivity contribution in [2.75, 3.05) is 11.1 Å². The van der Waals surface area contributed by atoms with Gasteiger partial charge in [0.15, 0.2) is 0 Å². The normalized spacial score (nSPS) is 16.6. The van der Waals surface area contributed by atoms with Gasteiger partial charge in [-0.25, -0.2) is 9.97 Å². The minimum Gasteiger partial charge on any atom is -0.399 e. The van der Waals surface area contributed by atoms with E-state index in [1.54, 1.807) is 17.7 Å². The molecule has 0 aliphatic heterocycles. The van der Waals surface area contributed by atoms with Crippen molar-refractivity contribution in [3.63, 3.8) is 0 Å². The van der Waals surface area contributed by atoms with Crippen molar-refractivity contribution in [3.8, 4) is 0 Å². The maximum absolute atomic E-state index is 13.3. The summed E-state index contributed by atoms with van der Waals surface area (Å²) in [5.41, 5.74) is 5.26. The van der Waals surface area contributed by atoms with Crippen LogP contribution in [0.4, 0.5) is 24.7 Å². The first-order valence-electron chi connectivity index (χ1n) is 10.8. The molecule has 174 valence electrons. The number of rotatable bonds is 5. The van der Waals surface area contributed by atoms with Crippen LogP contribution >= 0.6 is 0 Å². The van der Waals surface area contributed by atoms with Crippen LogP contribution in [0.25, 0.3) is 10.9 Å². The molecule has 0 bridgehead atoms. The van der Waals surface area contributed by atoms with E-state index in [0.717, 1.165) is 37.8 Å². The Bertz CT molecular complexity index is 1280. The maximum Gasteiger partial charge on any atom is 0.416 e. The van der Waals surface area contributed by atoms with Gasteiger partial charge in [0.2, 0.25) is 0 Å². The summed E-state index contributed by atoms with van der Waals surface area (Å²) >= 11 is 0. The number of hydrogen-bond acceptors (Lipinski definition) is 5. The zero-order valence-corrected chi connectivity index (χ0v) is 18.5. The van der Waals surface area contributed by atoms with Crippen LogP contribution in [0.5, 0.6) is 0 Å². The number of hydrogen-bond donors (Lipinski definition) is 2. The van der Waals surface area contributed by atoms with E-state index >= 15 is 0 Å². The Hall–Kier alpha value is -3.36. The van der Waals surface area contributed by atoms with Crippen LogP contribution in [-0.4, -0.2) is 14.5 Å². The lowest BCUT2D eigenvalue weighted by Crippen LogP contribution is -2.35. The molecular formula is C24H26F3N5O. The summed E-state index contributed by atoms with van der Waals surface area (Å²) in [7, 11) is 0. The molecule has 0 radical (unpaired) electrons. The van der Waals surface area contributed by atoms with Crippen LogP contribution in [0.15, 0.2) is 47.9 Å². The number of benzene rings is 1. The molecule has 9 heteroatoms. The molecule has 2 aromatic heterocycles. The van der Waals surface area contributed by atoms with Crippen molar-refractivity contribution in [1.82, 2.24) is 14.5 Å². The summed E-state index contributed by atoms with van der Waals surface area (Å²) in [4.78, 5) is 21.7. The largest absolute Gasteiger partial charge is 0.416 e. The number of aryl methyl sites for hydroxylation is 1. The highest BCUT2D eigenvalue weighted by molar-refractivity contribution is 5.88. The van der Waals surface area contributed by atoms with E-state index < -0.39 is 17.8 Å². The third-order valence-corrected chi connectivity index (χ3v) is 6.30. The summed E-state index contributed by atoms with van der Waals surface area (Å²) in [6.07, 6.45) is 2.61. The molecule has 33 heavy (non-hydrogen) atoms. The van der Waals surface area contributed by atoms with Gasteiger partial charge in [-0.2, -0.15) is 13.2 Å². The Labute approximate surface area is 189 Å². The number of pyridine rings is 1. The van der Waals surface area contributed by atoms with E-state index in [1.807, 2.05) is 0 Å². The molecule has 0 amide bonds. The predicted molar refractivity (Wildman–Crippen MR) is 123 cm³/mol. The fourth-order valence-corrected chi connectivity index (χ4v) is 4.57. The van der Waals surface area contributed by atoms with Crippen LogP contribution in [0.3, 0.4) is 0 Å². The molecule has 3 aromatic rings. The SMILES string of the molecule is C=CC(Nc1nc(C)nc2cc(=O)n(C3(C)CCCC3)cc12)c1cc(N)cc(C(F)(F)F)c1. The van der Waals surface area contributed by atoms with Crippen LogP contribution < -0.4 is 16.6 Å². The highest BCUT2D eigenvalue weighted by Crippen LogP contribution is 2.37. The van der Waals surface area contributed by atoms with Gasteiger partial charge >= 0.3 is 6.18 Å². The molecule has 6 nitrogen and oxygen atoms in total. The lowest BCUT2D eigenvalue weighted by molar-refractivity contribution is -0.137. The van der Waals surface area contributed by atoms with Gasteiger partial charge < -0.3 is 15.6 Å². The molecule has 0 saturated heterocycles. The zero-order valence-electron chi connectivity index (χ0n) is 18.5. The first-order chi connectivity index (χ1) is 15.5. The topological polar surface area (TPSA) is 85.8 Å². The number of nitrogens with zero attached hydrogens (tertiary/aromatic N) is 3. The number of nitrogens with two attached hydrogens (primary N) is 1. The Morgan fingerprint density at radius 3 is 2.55 bits per heavy atom. The number of nitrogen functional groups attached to an aromatic ring is 1. The smallest absolute Gasteiger partial charge is 0.399 e. The standard InChI is InChI=1S/C24H26F3N5O/c1-4-19(15-9-16(24(25,26)27)11-17(28)10-15)31-22-18-13-32(23(3)7-5-6-8-23)21(33)12-20(18)29-14(2)30-22/h4,9-13,19H,1,5-8,28H2,2-3H3,(H,29,30,31). The van der Waals surface area contributed by atoms with Gasteiger partial charge in [0.25, 0.3) is 5.56 Å². The average molecular weight is 458 g/mol. The van der Waals surface area contributed by atoms with Crippen molar-refractivity contribution < 1.29 is 13.2 Å². The molecule has 1 fully saturated rings. The highest BCUT2D eigenvalue weighted by atomic mass is 19.4. The number of fused-ring (bicyclic) bond motifs is 1. The van der Waals surface area contributed by atoms with E-state index in [-0.39, 0.29) is 16.8 Å². The van der Waals surface area contributed by atoms with E-state index in [1.165, 1.54) is 18.2 Å². The van der Waals surface area contributed by atoms with Crippen LogP contribution in [0.1, 0.15) is 55.6 Å². The van der Waals surface area contributed by atoms with Gasteiger partial charge in [-0.1, -0.05) is 18.9 Å². The van der Waals surface area contributed by atoms with E-state index in [0.29, 0.717) is 28.1 Å². The number of anilines is 2. The summed E-state index contributed by atoms with van der Waals surface area (Å²) in [5.74, 6) is 0.842. The van der Waals surface area contributed by atoms with Crippen LogP contribution in [-0.2, 0) is 11.7 Å². The molecule has 1 aliphatic carbocycles. The second-order valence-corrected chi connectivity index (χ2v) is 8.85. The third kappa shape index (κ3) is 4.44. The Morgan fingerprint density at radius 1 is 1.21 bits per heavy atom. The average Bonchev–Trinajstić information content (AvgIpc) is 3.17. The number of halogens is 3. The lowest BCUT2D eigenvalue weighted by atomic mass is 9.99. The van der Waals surface area contributed by atoms with Gasteiger partial charge in [0.1, 0.15) is 11.6 Å². The van der Waals surface area contributed by atoms with Crippen molar-refractivity contribution >= 4 is 22.4 Å². The predicted octanol–water partition coefficient (Wildman–Crippen LogP) is 5.33. The third-order valence-electron chi connectivity index (χ3n) is 6.30. The number of aromatic nitrogens is 3. The monoisotopic (exact) mass is 457 g/mol. The Kier molecular flexibility index (Phi) is 5.67. The summed E-state index contributed by atoms with van der Waals surface area (Å²) in [5, 5.41) is 3.79. The van der Waals surface area contributed by atoms with Crippen molar-refractivity contribution in [2.24, 2.45) is 0 Å². The molecule has 4 rings (SSSR count). The van der Waals surface area contributed by atoms with Gasteiger partial charge in [-0.3, -0.25) is 4.79 Å². The fraction of sp³-hybridized carbons (Fsp3) is 0.375.